The number of anilines is 1. The van der Waals surface area contributed by atoms with Crippen LogP contribution in [0.5, 0.6) is 0 Å². The standard InChI is InChI=1S/C22H19FN4O2S/c1-30(2,29)27-16-11-12-18(23)17(13-16)22(28)24-15-9-7-14(8-10-15)21-25-19-5-3-4-6-20(19)26-21/h3-13H,1-2H3,(H,24,28)(H,25,26). The fourth-order valence-corrected chi connectivity index (χ4v) is 3.62. The molecule has 3 aromatic carbocycles. The Morgan fingerprint density at radius 3 is 2.50 bits per heavy atom. The molecular formula is C22H19FN4O2S. The van der Waals surface area contributed by atoms with E-state index in [0.717, 1.165) is 28.5 Å². The number of aromatic amines is 1. The van der Waals surface area contributed by atoms with Crippen LogP contribution >= 0.6 is 0 Å². The summed E-state index contributed by atoms with van der Waals surface area (Å²) in [4.78, 5) is 20.3. The highest BCUT2D eigenvalue weighted by atomic mass is 32.2. The molecule has 0 saturated carbocycles. The van der Waals surface area contributed by atoms with Gasteiger partial charge in [-0.15, -0.1) is 0 Å². The minimum absolute atomic E-state index is 0.165. The van der Waals surface area contributed by atoms with Crippen molar-refractivity contribution in [3.63, 3.8) is 0 Å². The first-order valence-corrected chi connectivity index (χ1v) is 11.4. The van der Waals surface area contributed by atoms with Gasteiger partial charge in [0, 0.05) is 33.5 Å². The Bertz CT molecular complexity index is 1330. The van der Waals surface area contributed by atoms with E-state index in [2.05, 4.69) is 19.6 Å². The smallest absolute Gasteiger partial charge is 0.258 e. The highest BCUT2D eigenvalue weighted by Gasteiger charge is 2.14. The Labute approximate surface area is 173 Å². The van der Waals surface area contributed by atoms with Gasteiger partial charge in [-0.2, -0.15) is 4.36 Å². The Morgan fingerprint density at radius 2 is 1.80 bits per heavy atom. The summed E-state index contributed by atoms with van der Waals surface area (Å²) in [6.45, 7) is 0. The number of hydrogen-bond acceptors (Lipinski definition) is 4. The van der Waals surface area contributed by atoms with Gasteiger partial charge in [-0.3, -0.25) is 4.79 Å². The summed E-state index contributed by atoms with van der Waals surface area (Å²) in [7, 11) is -2.42. The van der Waals surface area contributed by atoms with Gasteiger partial charge in [0.15, 0.2) is 0 Å². The van der Waals surface area contributed by atoms with Gasteiger partial charge in [-0.1, -0.05) is 12.1 Å². The summed E-state index contributed by atoms with van der Waals surface area (Å²) >= 11 is 0. The molecule has 152 valence electrons. The molecule has 1 aromatic heterocycles. The average Bonchev–Trinajstić information content (AvgIpc) is 3.13. The maximum Gasteiger partial charge on any atom is 0.258 e. The molecule has 0 aliphatic heterocycles. The molecule has 0 unspecified atom stereocenters. The Balaban J connectivity index is 1.55. The van der Waals surface area contributed by atoms with Crippen molar-refractivity contribution in [2.45, 2.75) is 0 Å². The molecule has 0 bridgehead atoms. The highest BCUT2D eigenvalue weighted by Crippen LogP contribution is 2.23. The molecule has 2 N–H and O–H groups in total. The van der Waals surface area contributed by atoms with Gasteiger partial charge in [0.2, 0.25) is 0 Å². The van der Waals surface area contributed by atoms with Crippen LogP contribution in [0.15, 0.2) is 71.1 Å². The van der Waals surface area contributed by atoms with E-state index in [4.69, 9.17) is 0 Å². The second kappa shape index (κ2) is 7.72. The summed E-state index contributed by atoms with van der Waals surface area (Å²) in [5.41, 5.74) is 3.30. The van der Waals surface area contributed by atoms with E-state index in [-0.39, 0.29) is 11.3 Å². The van der Waals surface area contributed by atoms with Crippen molar-refractivity contribution in [1.29, 1.82) is 0 Å². The molecule has 6 nitrogen and oxygen atoms in total. The van der Waals surface area contributed by atoms with Crippen molar-refractivity contribution in [3.05, 3.63) is 78.1 Å². The van der Waals surface area contributed by atoms with Crippen LogP contribution in [0.3, 0.4) is 0 Å². The zero-order valence-electron chi connectivity index (χ0n) is 16.3. The lowest BCUT2D eigenvalue weighted by atomic mass is 10.1. The summed E-state index contributed by atoms with van der Waals surface area (Å²) in [6, 6.07) is 18.6. The van der Waals surface area contributed by atoms with Crippen LogP contribution in [0.25, 0.3) is 22.4 Å². The molecule has 0 saturated heterocycles. The minimum Gasteiger partial charge on any atom is -0.338 e. The fraction of sp³-hybridized carbons (Fsp3) is 0.0909. The summed E-state index contributed by atoms with van der Waals surface area (Å²) in [5, 5.41) is 2.67. The Hall–Kier alpha value is -3.52. The van der Waals surface area contributed by atoms with E-state index in [9.17, 15) is 13.4 Å². The van der Waals surface area contributed by atoms with Gasteiger partial charge in [-0.25, -0.2) is 13.6 Å². The first kappa shape index (κ1) is 19.8. The summed E-state index contributed by atoms with van der Waals surface area (Å²) < 4.78 is 30.0. The normalized spacial score (nSPS) is 11.4. The molecule has 0 aliphatic rings. The van der Waals surface area contributed by atoms with Gasteiger partial charge < -0.3 is 10.3 Å². The largest absolute Gasteiger partial charge is 0.338 e. The molecule has 4 rings (SSSR count). The van der Waals surface area contributed by atoms with E-state index in [1.54, 1.807) is 12.1 Å². The highest BCUT2D eigenvalue weighted by molar-refractivity contribution is 7.92. The number of hydrogen-bond donors (Lipinski definition) is 2. The molecule has 0 atom stereocenters. The topological polar surface area (TPSA) is 87.2 Å². The van der Waals surface area contributed by atoms with Crippen LogP contribution in [-0.4, -0.2) is 32.6 Å². The average molecular weight is 422 g/mol. The number of para-hydroxylation sites is 2. The van der Waals surface area contributed by atoms with Crippen LogP contribution in [0.1, 0.15) is 10.4 Å². The van der Waals surface area contributed by atoms with E-state index >= 15 is 0 Å². The molecule has 0 spiro atoms. The first-order valence-electron chi connectivity index (χ1n) is 9.12. The zero-order chi connectivity index (χ0) is 21.3. The van der Waals surface area contributed by atoms with Crippen molar-refractivity contribution in [2.75, 3.05) is 17.8 Å². The maximum atomic E-state index is 14.2. The predicted molar refractivity (Wildman–Crippen MR) is 118 cm³/mol. The van der Waals surface area contributed by atoms with Crippen LogP contribution in [0, 0.1) is 5.82 Å². The fourth-order valence-electron chi connectivity index (χ4n) is 3.00. The molecule has 1 amide bonds. The maximum absolute atomic E-state index is 14.2. The van der Waals surface area contributed by atoms with E-state index in [1.807, 2.05) is 36.4 Å². The number of nitrogens with zero attached hydrogens (tertiary/aromatic N) is 2. The number of fused-ring (bicyclic) bond motifs is 1. The molecule has 0 radical (unpaired) electrons. The number of carbonyl (C=O) groups is 1. The number of halogens is 1. The molecule has 30 heavy (non-hydrogen) atoms. The number of amides is 1. The zero-order valence-corrected chi connectivity index (χ0v) is 17.2. The number of rotatable bonds is 4. The number of benzene rings is 3. The number of aromatic nitrogens is 2. The minimum atomic E-state index is -2.42. The van der Waals surface area contributed by atoms with Crippen molar-refractivity contribution >= 4 is 38.0 Å². The van der Waals surface area contributed by atoms with E-state index < -0.39 is 21.5 Å². The summed E-state index contributed by atoms with van der Waals surface area (Å²) in [5.74, 6) is -0.569. The van der Waals surface area contributed by atoms with Crippen molar-refractivity contribution < 1.29 is 13.4 Å². The van der Waals surface area contributed by atoms with Crippen LogP contribution in [0.4, 0.5) is 15.8 Å². The predicted octanol–water partition coefficient (Wildman–Crippen LogP) is 4.98. The molecule has 4 aromatic rings. The van der Waals surface area contributed by atoms with Gasteiger partial charge in [0.1, 0.15) is 11.6 Å². The quantitative estimate of drug-likeness (QED) is 0.486. The van der Waals surface area contributed by atoms with Gasteiger partial charge in [0.25, 0.3) is 5.91 Å². The van der Waals surface area contributed by atoms with E-state index in [0.29, 0.717) is 5.69 Å². The second-order valence-electron chi connectivity index (χ2n) is 7.07. The third kappa shape index (κ3) is 4.38. The number of carbonyl (C=O) groups excluding carboxylic acids is 1. The molecule has 0 fully saturated rings. The van der Waals surface area contributed by atoms with Crippen molar-refractivity contribution in [2.24, 2.45) is 4.36 Å². The number of nitrogens with one attached hydrogen (secondary N) is 2. The molecule has 8 heteroatoms. The summed E-state index contributed by atoms with van der Waals surface area (Å²) in [6.07, 6.45) is 2.94. The van der Waals surface area contributed by atoms with Crippen LogP contribution in [0.2, 0.25) is 0 Å². The van der Waals surface area contributed by atoms with Gasteiger partial charge in [0.05, 0.1) is 22.3 Å². The van der Waals surface area contributed by atoms with Gasteiger partial charge in [-0.05, 0) is 54.6 Å². The first-order chi connectivity index (χ1) is 14.3. The number of H-pyrrole nitrogens is 1. The monoisotopic (exact) mass is 422 g/mol. The lowest BCUT2D eigenvalue weighted by molar-refractivity contribution is 0.102. The van der Waals surface area contributed by atoms with Crippen molar-refractivity contribution in [3.8, 4) is 11.4 Å². The molecule has 0 aliphatic carbocycles. The lowest BCUT2D eigenvalue weighted by Gasteiger charge is -2.08. The van der Waals surface area contributed by atoms with Crippen LogP contribution in [-0.2, 0) is 9.73 Å². The van der Waals surface area contributed by atoms with Crippen LogP contribution < -0.4 is 5.32 Å². The van der Waals surface area contributed by atoms with E-state index in [1.165, 1.54) is 24.6 Å². The second-order valence-corrected chi connectivity index (χ2v) is 9.62. The molecular weight excluding hydrogens is 403 g/mol. The van der Waals surface area contributed by atoms with Gasteiger partial charge >= 0.3 is 0 Å². The Morgan fingerprint density at radius 1 is 1.07 bits per heavy atom. The lowest BCUT2D eigenvalue weighted by Crippen LogP contribution is -2.13. The number of imidazole rings is 1. The SMILES string of the molecule is CS(C)(=O)=Nc1ccc(F)c(C(=O)Nc2ccc(-c3nc4ccccc4[nH]3)cc2)c1. The van der Waals surface area contributed by atoms with Crippen molar-refractivity contribution in [1.82, 2.24) is 9.97 Å². The third-order valence-corrected chi connectivity index (χ3v) is 4.98. The Kier molecular flexibility index (Phi) is 5.09. The molecule has 1 heterocycles. The third-order valence-electron chi connectivity index (χ3n) is 4.33.